The van der Waals surface area contributed by atoms with Crippen LogP contribution in [0.3, 0.4) is 0 Å². The maximum atomic E-state index is 12.9. The van der Waals surface area contributed by atoms with Crippen molar-refractivity contribution in [3.05, 3.63) is 28.2 Å². The maximum absolute atomic E-state index is 12.9. The summed E-state index contributed by atoms with van der Waals surface area (Å²) < 4.78 is 27.1. The summed E-state index contributed by atoms with van der Waals surface area (Å²) in [5, 5.41) is 0.487. The highest BCUT2D eigenvalue weighted by atomic mass is 35.5. The normalized spacial score (nSPS) is 20.8. The second kappa shape index (κ2) is 8.63. The van der Waals surface area contributed by atoms with Crippen LogP contribution in [0.4, 0.5) is 0 Å². The average molecular weight is 435 g/mol. The number of likely N-dealkylation sites (N-methyl/N-ethyl adjacent to an activating group) is 1. The number of piperazine rings is 2. The Bertz CT molecular complexity index is 789. The van der Waals surface area contributed by atoms with Crippen molar-refractivity contribution in [3.8, 4) is 0 Å². The number of hydrogen-bond donors (Lipinski definition) is 0. The lowest BCUT2D eigenvalue weighted by molar-refractivity contribution is -0.134. The van der Waals surface area contributed by atoms with E-state index in [1.165, 1.54) is 16.4 Å². The Labute approximate surface area is 170 Å². The van der Waals surface area contributed by atoms with Gasteiger partial charge in [-0.05, 0) is 25.2 Å². The molecule has 0 N–H and O–H groups in total. The number of hydrogen-bond acceptors (Lipinski definition) is 5. The minimum Gasteiger partial charge on any atom is -0.339 e. The molecule has 0 radical (unpaired) electrons. The van der Waals surface area contributed by atoms with Gasteiger partial charge in [-0.15, -0.1) is 0 Å². The van der Waals surface area contributed by atoms with E-state index in [4.69, 9.17) is 23.2 Å². The van der Waals surface area contributed by atoms with Gasteiger partial charge in [0.2, 0.25) is 15.9 Å². The second-order valence-corrected chi connectivity index (χ2v) is 9.69. The minimum absolute atomic E-state index is 0.0265. The third-order valence-electron chi connectivity index (χ3n) is 5.06. The Morgan fingerprint density at radius 3 is 2.26 bits per heavy atom. The van der Waals surface area contributed by atoms with Gasteiger partial charge in [-0.2, -0.15) is 4.31 Å². The number of carbonyl (C=O) groups excluding carboxylic acids is 1. The van der Waals surface area contributed by atoms with Gasteiger partial charge in [0, 0.05) is 57.4 Å². The molecule has 0 aliphatic carbocycles. The summed E-state index contributed by atoms with van der Waals surface area (Å²) in [5.41, 5.74) is 0. The summed E-state index contributed by atoms with van der Waals surface area (Å²) in [6.45, 7) is 5.26. The first-order chi connectivity index (χ1) is 12.8. The molecule has 1 amide bonds. The van der Waals surface area contributed by atoms with Crippen LogP contribution in [-0.2, 0) is 14.8 Å². The van der Waals surface area contributed by atoms with Crippen LogP contribution in [0.5, 0.6) is 0 Å². The fourth-order valence-electron chi connectivity index (χ4n) is 3.29. The Morgan fingerprint density at radius 1 is 1.00 bits per heavy atom. The first kappa shape index (κ1) is 20.8. The van der Waals surface area contributed by atoms with Crippen LogP contribution in [-0.4, -0.2) is 99.3 Å². The lowest BCUT2D eigenvalue weighted by Crippen LogP contribution is -2.53. The van der Waals surface area contributed by atoms with Crippen LogP contribution < -0.4 is 0 Å². The third kappa shape index (κ3) is 4.93. The van der Waals surface area contributed by atoms with Gasteiger partial charge in [-0.25, -0.2) is 8.42 Å². The summed E-state index contributed by atoms with van der Waals surface area (Å²) >= 11 is 12.0. The van der Waals surface area contributed by atoms with Crippen LogP contribution in [0.25, 0.3) is 0 Å². The molecule has 3 rings (SSSR count). The lowest BCUT2D eigenvalue weighted by Gasteiger charge is -2.36. The zero-order valence-corrected chi connectivity index (χ0v) is 17.6. The van der Waals surface area contributed by atoms with Crippen molar-refractivity contribution in [1.82, 2.24) is 19.0 Å². The SMILES string of the molecule is CN1CCN(C(=O)CN2CCN(S(=O)(=O)c3cc(Cl)ccc3Cl)CC2)CC1. The van der Waals surface area contributed by atoms with Gasteiger partial charge in [0.05, 0.1) is 11.6 Å². The molecule has 0 aromatic heterocycles. The molecule has 150 valence electrons. The summed E-state index contributed by atoms with van der Waals surface area (Å²) in [6, 6.07) is 4.43. The minimum atomic E-state index is -3.70. The maximum Gasteiger partial charge on any atom is 0.244 e. The number of nitrogens with zero attached hydrogens (tertiary/aromatic N) is 4. The smallest absolute Gasteiger partial charge is 0.244 e. The van der Waals surface area contributed by atoms with Gasteiger partial charge < -0.3 is 9.80 Å². The van der Waals surface area contributed by atoms with Crippen LogP contribution in [0, 0.1) is 0 Å². The predicted octanol–water partition coefficient (Wildman–Crippen LogP) is 1.07. The third-order valence-corrected chi connectivity index (χ3v) is 7.67. The molecule has 0 atom stereocenters. The quantitative estimate of drug-likeness (QED) is 0.708. The molecule has 1 aromatic rings. The highest BCUT2D eigenvalue weighted by Gasteiger charge is 2.31. The summed E-state index contributed by atoms with van der Waals surface area (Å²) in [7, 11) is -1.66. The van der Waals surface area contributed by atoms with Gasteiger partial charge in [0.15, 0.2) is 0 Å². The Hall–Kier alpha value is -0.900. The van der Waals surface area contributed by atoms with Crippen molar-refractivity contribution in [2.45, 2.75) is 4.90 Å². The average Bonchev–Trinajstić information content (AvgIpc) is 2.64. The molecule has 0 unspecified atom stereocenters. The number of sulfonamides is 1. The first-order valence-corrected chi connectivity index (χ1v) is 11.1. The second-order valence-electron chi connectivity index (χ2n) is 6.94. The van der Waals surface area contributed by atoms with Crippen molar-refractivity contribution in [3.63, 3.8) is 0 Å². The van der Waals surface area contributed by atoms with Crippen molar-refractivity contribution >= 4 is 39.1 Å². The molecular formula is C17H24Cl2N4O3S. The van der Waals surface area contributed by atoms with E-state index < -0.39 is 10.0 Å². The molecule has 1 aromatic carbocycles. The molecular weight excluding hydrogens is 411 g/mol. The van der Waals surface area contributed by atoms with Crippen LogP contribution in [0.1, 0.15) is 0 Å². The Balaban J connectivity index is 1.57. The predicted molar refractivity (Wildman–Crippen MR) is 106 cm³/mol. The summed E-state index contributed by atoms with van der Waals surface area (Å²) in [4.78, 5) is 18.6. The van der Waals surface area contributed by atoms with E-state index in [9.17, 15) is 13.2 Å². The number of carbonyl (C=O) groups is 1. The highest BCUT2D eigenvalue weighted by molar-refractivity contribution is 7.89. The van der Waals surface area contributed by atoms with E-state index in [-0.39, 0.29) is 15.8 Å². The number of rotatable bonds is 4. The van der Waals surface area contributed by atoms with Crippen LogP contribution in [0.15, 0.2) is 23.1 Å². The van der Waals surface area contributed by atoms with Crippen LogP contribution >= 0.6 is 23.2 Å². The zero-order valence-electron chi connectivity index (χ0n) is 15.3. The van der Waals surface area contributed by atoms with E-state index in [0.29, 0.717) is 37.7 Å². The van der Waals surface area contributed by atoms with E-state index in [1.807, 2.05) is 16.8 Å². The fraction of sp³-hybridized carbons (Fsp3) is 0.588. The zero-order chi connectivity index (χ0) is 19.6. The Morgan fingerprint density at radius 2 is 1.63 bits per heavy atom. The van der Waals surface area contributed by atoms with E-state index in [2.05, 4.69) is 4.90 Å². The standard InChI is InChI=1S/C17H24Cl2N4O3S/c1-20-4-8-22(9-5-20)17(24)13-21-6-10-23(11-7-21)27(25,26)16-12-14(18)2-3-15(16)19/h2-3,12H,4-11,13H2,1H3. The van der Waals surface area contributed by atoms with Gasteiger partial charge in [-0.3, -0.25) is 9.69 Å². The molecule has 0 bridgehead atoms. The van der Waals surface area contributed by atoms with Crippen molar-refractivity contribution < 1.29 is 13.2 Å². The van der Waals surface area contributed by atoms with Crippen molar-refractivity contribution in [1.29, 1.82) is 0 Å². The van der Waals surface area contributed by atoms with Gasteiger partial charge in [0.1, 0.15) is 4.90 Å². The molecule has 2 aliphatic rings. The summed E-state index contributed by atoms with van der Waals surface area (Å²) in [6.07, 6.45) is 0. The molecule has 7 nitrogen and oxygen atoms in total. The van der Waals surface area contributed by atoms with E-state index >= 15 is 0 Å². The fourth-order valence-corrected chi connectivity index (χ4v) is 5.45. The molecule has 0 spiro atoms. The van der Waals surface area contributed by atoms with Gasteiger partial charge in [0.25, 0.3) is 0 Å². The monoisotopic (exact) mass is 434 g/mol. The first-order valence-electron chi connectivity index (χ1n) is 8.91. The molecule has 10 heteroatoms. The van der Waals surface area contributed by atoms with Crippen molar-refractivity contribution in [2.24, 2.45) is 0 Å². The highest BCUT2D eigenvalue weighted by Crippen LogP contribution is 2.28. The van der Waals surface area contributed by atoms with Crippen LogP contribution in [0.2, 0.25) is 10.0 Å². The lowest BCUT2D eigenvalue weighted by atomic mass is 10.3. The van der Waals surface area contributed by atoms with E-state index in [1.54, 1.807) is 6.07 Å². The number of benzene rings is 1. The topological polar surface area (TPSA) is 64.2 Å². The number of amides is 1. The molecule has 2 aliphatic heterocycles. The summed E-state index contributed by atoms with van der Waals surface area (Å²) in [5.74, 6) is 0.109. The molecule has 2 fully saturated rings. The Kier molecular flexibility index (Phi) is 6.66. The van der Waals surface area contributed by atoms with Gasteiger partial charge >= 0.3 is 0 Å². The largest absolute Gasteiger partial charge is 0.339 e. The molecule has 0 saturated carbocycles. The van der Waals surface area contributed by atoms with Crippen molar-refractivity contribution in [2.75, 3.05) is 66.0 Å². The number of halogens is 2. The molecule has 2 heterocycles. The molecule has 2 saturated heterocycles. The molecule has 27 heavy (non-hydrogen) atoms. The van der Waals surface area contributed by atoms with E-state index in [0.717, 1.165) is 26.2 Å². The van der Waals surface area contributed by atoms with Gasteiger partial charge in [-0.1, -0.05) is 23.2 Å².